The molecule has 1 aromatic carbocycles. The molecule has 2 aromatic rings. The van der Waals surface area contributed by atoms with E-state index in [1.54, 1.807) is 24.3 Å². The van der Waals surface area contributed by atoms with Gasteiger partial charge in [-0.05, 0) is 62.2 Å². The van der Waals surface area contributed by atoms with E-state index < -0.39 is 11.9 Å². The molecule has 3 aliphatic rings. The second-order valence-corrected chi connectivity index (χ2v) is 7.22. The van der Waals surface area contributed by atoms with E-state index in [1.165, 1.54) is 6.07 Å². The molecular weight excluding hydrogens is 371 g/mol. The Morgan fingerprint density at radius 3 is 2.43 bits per heavy atom. The first-order valence-electron chi connectivity index (χ1n) is 9.23. The number of fused-ring (bicyclic) bond motifs is 3. The van der Waals surface area contributed by atoms with Gasteiger partial charge in [-0.3, -0.25) is 9.78 Å². The summed E-state index contributed by atoms with van der Waals surface area (Å²) in [5.74, 6) is 0.769. The highest BCUT2D eigenvalue weighted by Gasteiger charge is 2.35. The molecule has 0 spiro atoms. The summed E-state index contributed by atoms with van der Waals surface area (Å²) in [6, 6.07) is 8.72. The highest BCUT2D eigenvalue weighted by molar-refractivity contribution is 5.94. The highest BCUT2D eigenvalue weighted by atomic mass is 19.4. The summed E-state index contributed by atoms with van der Waals surface area (Å²) in [4.78, 5) is 18.2. The lowest BCUT2D eigenvalue weighted by molar-refractivity contribution is -0.141. The molecule has 28 heavy (non-hydrogen) atoms. The van der Waals surface area contributed by atoms with Gasteiger partial charge in [-0.15, -0.1) is 0 Å². The molecule has 3 saturated heterocycles. The van der Waals surface area contributed by atoms with Gasteiger partial charge in [-0.2, -0.15) is 13.2 Å². The van der Waals surface area contributed by atoms with E-state index in [0.717, 1.165) is 44.7 Å². The van der Waals surface area contributed by atoms with Crippen LogP contribution < -0.4 is 10.1 Å². The normalized spacial score (nSPS) is 24.0. The topological polar surface area (TPSA) is 54.5 Å². The summed E-state index contributed by atoms with van der Waals surface area (Å²) in [5, 5.41) is 3.11. The van der Waals surface area contributed by atoms with E-state index in [1.807, 2.05) is 0 Å². The number of pyridine rings is 1. The maximum atomic E-state index is 12.7. The van der Waals surface area contributed by atoms with Gasteiger partial charge in [0.05, 0.1) is 0 Å². The first kappa shape index (κ1) is 18.7. The van der Waals surface area contributed by atoms with Crippen LogP contribution in [0.15, 0.2) is 42.6 Å². The summed E-state index contributed by atoms with van der Waals surface area (Å²) >= 11 is 0. The average Bonchev–Trinajstić information content (AvgIpc) is 2.69. The van der Waals surface area contributed by atoms with Crippen molar-refractivity contribution in [1.82, 2.24) is 15.2 Å². The number of alkyl halides is 3. The number of piperidine rings is 3. The molecule has 1 aromatic heterocycles. The average molecular weight is 391 g/mol. The first-order valence-corrected chi connectivity index (χ1v) is 9.23. The highest BCUT2D eigenvalue weighted by Crippen LogP contribution is 2.31. The number of halogens is 3. The summed E-state index contributed by atoms with van der Waals surface area (Å²) < 4.78 is 43.7. The van der Waals surface area contributed by atoms with Crippen LogP contribution in [0.4, 0.5) is 13.2 Å². The van der Waals surface area contributed by atoms with Crippen molar-refractivity contribution in [3.05, 3.63) is 53.9 Å². The largest absolute Gasteiger partial charge is 0.457 e. The zero-order valence-electron chi connectivity index (χ0n) is 15.1. The Balaban J connectivity index is 1.39. The van der Waals surface area contributed by atoms with Crippen LogP contribution in [0.5, 0.6) is 11.5 Å². The van der Waals surface area contributed by atoms with Crippen LogP contribution in [-0.4, -0.2) is 41.5 Å². The van der Waals surface area contributed by atoms with Crippen LogP contribution in [0, 0.1) is 5.92 Å². The predicted molar refractivity (Wildman–Crippen MR) is 96.2 cm³/mol. The van der Waals surface area contributed by atoms with Crippen molar-refractivity contribution in [2.75, 3.05) is 19.6 Å². The van der Waals surface area contributed by atoms with Gasteiger partial charge < -0.3 is 15.0 Å². The number of carbonyl (C=O) groups excluding carboxylic acids is 1. The van der Waals surface area contributed by atoms with Gasteiger partial charge >= 0.3 is 6.18 Å². The van der Waals surface area contributed by atoms with Gasteiger partial charge in [0.15, 0.2) is 0 Å². The summed E-state index contributed by atoms with van der Waals surface area (Å²) in [5.41, 5.74) is -0.520. The van der Waals surface area contributed by atoms with Crippen LogP contribution >= 0.6 is 0 Å². The van der Waals surface area contributed by atoms with Crippen LogP contribution in [0.2, 0.25) is 0 Å². The molecule has 3 fully saturated rings. The molecular formula is C20H20F3N3O2. The number of nitrogens with zero attached hydrogens (tertiary/aromatic N) is 2. The van der Waals surface area contributed by atoms with E-state index in [4.69, 9.17) is 4.74 Å². The van der Waals surface area contributed by atoms with Crippen molar-refractivity contribution in [3.8, 4) is 11.5 Å². The van der Waals surface area contributed by atoms with Gasteiger partial charge in [0.2, 0.25) is 0 Å². The van der Waals surface area contributed by atoms with E-state index in [2.05, 4.69) is 15.2 Å². The zero-order valence-corrected chi connectivity index (χ0v) is 15.1. The third-order valence-corrected chi connectivity index (χ3v) is 5.35. The van der Waals surface area contributed by atoms with Crippen LogP contribution in [0.25, 0.3) is 0 Å². The van der Waals surface area contributed by atoms with E-state index in [-0.39, 0.29) is 17.7 Å². The number of benzene rings is 1. The molecule has 5 rings (SSSR count). The minimum atomic E-state index is -4.53. The lowest BCUT2D eigenvalue weighted by atomic mass is 9.84. The van der Waals surface area contributed by atoms with E-state index in [0.29, 0.717) is 17.2 Å². The van der Waals surface area contributed by atoms with Gasteiger partial charge in [-0.1, -0.05) is 0 Å². The summed E-state index contributed by atoms with van der Waals surface area (Å²) in [6.07, 6.45) is -1.25. The molecule has 1 amide bonds. The number of aromatic nitrogens is 1. The van der Waals surface area contributed by atoms with Crippen molar-refractivity contribution >= 4 is 5.91 Å². The lowest BCUT2D eigenvalue weighted by Gasteiger charge is -2.44. The van der Waals surface area contributed by atoms with E-state index in [9.17, 15) is 18.0 Å². The maximum Gasteiger partial charge on any atom is 0.433 e. The fourth-order valence-corrected chi connectivity index (χ4v) is 3.82. The number of hydrogen-bond acceptors (Lipinski definition) is 4. The zero-order chi connectivity index (χ0) is 19.7. The molecule has 0 saturated carbocycles. The quantitative estimate of drug-likeness (QED) is 0.863. The Morgan fingerprint density at radius 2 is 1.82 bits per heavy atom. The fourth-order valence-electron chi connectivity index (χ4n) is 3.82. The third kappa shape index (κ3) is 4.11. The Bertz CT molecular complexity index is 847. The van der Waals surface area contributed by atoms with Crippen LogP contribution in [-0.2, 0) is 6.18 Å². The smallest absolute Gasteiger partial charge is 0.433 e. The molecule has 1 N–H and O–H groups in total. The van der Waals surface area contributed by atoms with Crippen LogP contribution in [0.1, 0.15) is 28.9 Å². The standard InChI is InChI=1S/C20H20F3N3O2/c21-20(22,23)18-11-16(5-8-24-18)28-15-3-1-14(2-4-15)19(27)25-17-12-26-9-6-13(17)7-10-26/h1-5,8,11,13,17H,6-7,9-10,12H2,(H,25,27)/t17-/m0/s1. The van der Waals surface area contributed by atoms with Crippen molar-refractivity contribution in [3.63, 3.8) is 0 Å². The molecule has 4 heterocycles. The second kappa shape index (κ2) is 7.43. The Hall–Kier alpha value is -2.61. The fraction of sp³-hybridized carbons (Fsp3) is 0.400. The van der Waals surface area contributed by atoms with Crippen LogP contribution in [0.3, 0.4) is 0 Å². The van der Waals surface area contributed by atoms with Crippen molar-refractivity contribution in [1.29, 1.82) is 0 Å². The molecule has 3 aliphatic heterocycles. The number of rotatable bonds is 4. The van der Waals surface area contributed by atoms with E-state index >= 15 is 0 Å². The monoisotopic (exact) mass is 391 g/mol. The molecule has 0 unspecified atom stereocenters. The molecule has 8 heteroatoms. The maximum absolute atomic E-state index is 12.7. The van der Waals surface area contributed by atoms with Gasteiger partial charge in [-0.25, -0.2) is 0 Å². The number of hydrogen-bond donors (Lipinski definition) is 1. The summed E-state index contributed by atoms with van der Waals surface area (Å²) in [6.45, 7) is 3.10. The molecule has 5 nitrogen and oxygen atoms in total. The first-order chi connectivity index (χ1) is 13.4. The lowest BCUT2D eigenvalue weighted by Crippen LogP contribution is -2.57. The van der Waals surface area contributed by atoms with Gasteiger partial charge in [0.1, 0.15) is 17.2 Å². The Morgan fingerprint density at radius 1 is 1.11 bits per heavy atom. The van der Waals surface area contributed by atoms with Gasteiger partial charge in [0, 0.05) is 30.4 Å². The van der Waals surface area contributed by atoms with Crippen molar-refractivity contribution in [2.24, 2.45) is 5.92 Å². The second-order valence-electron chi connectivity index (χ2n) is 7.22. The molecule has 0 radical (unpaired) electrons. The Kier molecular flexibility index (Phi) is 4.97. The SMILES string of the molecule is O=C(N[C@H]1CN2CCC1CC2)c1ccc(Oc2ccnc(C(F)(F)F)c2)cc1. The molecule has 2 bridgehead atoms. The Labute approximate surface area is 160 Å². The third-order valence-electron chi connectivity index (χ3n) is 5.35. The molecule has 1 atom stereocenters. The van der Waals surface area contributed by atoms with Crippen molar-refractivity contribution in [2.45, 2.75) is 25.1 Å². The summed E-state index contributed by atoms with van der Waals surface area (Å²) in [7, 11) is 0. The number of amides is 1. The predicted octanol–water partition coefficient (Wildman–Crippen LogP) is 3.72. The van der Waals surface area contributed by atoms with Gasteiger partial charge in [0.25, 0.3) is 5.91 Å². The minimum absolute atomic E-state index is 0.0341. The molecule has 0 aliphatic carbocycles. The minimum Gasteiger partial charge on any atom is -0.457 e. The number of nitrogens with one attached hydrogen (secondary N) is 1. The number of ether oxygens (including phenoxy) is 1. The van der Waals surface area contributed by atoms with Crippen molar-refractivity contribution < 1.29 is 22.7 Å². The number of carbonyl (C=O) groups is 1. The molecule has 148 valence electrons.